The van der Waals surface area contributed by atoms with Crippen LogP contribution >= 0.6 is 0 Å². The van der Waals surface area contributed by atoms with Crippen LogP contribution in [0.3, 0.4) is 0 Å². The fourth-order valence-corrected chi connectivity index (χ4v) is 1.56. The lowest BCUT2D eigenvalue weighted by molar-refractivity contribution is -0.114. The van der Waals surface area contributed by atoms with E-state index in [0.717, 1.165) is 19.1 Å². The third-order valence-corrected chi connectivity index (χ3v) is 2.38. The zero-order valence-electron chi connectivity index (χ0n) is 8.29. The maximum Gasteiger partial charge on any atom is 0.160 e. The largest absolute Gasteiger partial charge is 0.490 e. The zero-order chi connectivity index (χ0) is 9.52. The van der Waals surface area contributed by atoms with Crippen molar-refractivity contribution in [2.24, 2.45) is 0 Å². The van der Waals surface area contributed by atoms with Gasteiger partial charge in [0, 0.05) is 6.42 Å². The van der Waals surface area contributed by atoms with E-state index in [4.69, 9.17) is 4.74 Å². The first kappa shape index (κ1) is 10.3. The molecule has 0 radical (unpaired) electrons. The number of carbonyl (C=O) groups excluding carboxylic acids is 1. The summed E-state index contributed by atoms with van der Waals surface area (Å²) in [4.78, 5) is 10.4. The molecule has 1 atom stereocenters. The van der Waals surface area contributed by atoms with Gasteiger partial charge in [0.25, 0.3) is 0 Å². The molecule has 0 bridgehead atoms. The highest BCUT2D eigenvalue weighted by Crippen LogP contribution is 2.21. The normalized spacial score (nSPS) is 21.0. The summed E-state index contributed by atoms with van der Waals surface area (Å²) in [7, 11) is 0. The number of carbonyl (C=O) groups is 1. The van der Waals surface area contributed by atoms with Gasteiger partial charge >= 0.3 is 0 Å². The van der Waals surface area contributed by atoms with Crippen molar-refractivity contribution in [1.29, 1.82) is 0 Å². The molecular weight excluding hydrogens is 164 g/mol. The van der Waals surface area contributed by atoms with E-state index in [2.05, 4.69) is 6.92 Å². The first-order valence-electron chi connectivity index (χ1n) is 5.15. The Morgan fingerprint density at radius 3 is 3.00 bits per heavy atom. The number of rotatable bonds is 6. The lowest BCUT2D eigenvalue weighted by Crippen LogP contribution is -2.05. The van der Waals surface area contributed by atoms with Crippen molar-refractivity contribution in [2.75, 3.05) is 0 Å². The second kappa shape index (κ2) is 5.79. The Hall–Kier alpha value is -0.790. The van der Waals surface area contributed by atoms with E-state index < -0.39 is 0 Å². The maximum atomic E-state index is 10.4. The second-order valence-electron chi connectivity index (χ2n) is 3.60. The van der Waals surface area contributed by atoms with Crippen molar-refractivity contribution in [1.82, 2.24) is 0 Å². The summed E-state index contributed by atoms with van der Waals surface area (Å²) in [6.07, 6.45) is 9.48. The quantitative estimate of drug-likeness (QED) is 0.466. The Morgan fingerprint density at radius 1 is 1.54 bits per heavy atom. The Bertz CT molecular complexity index is 185. The zero-order valence-corrected chi connectivity index (χ0v) is 8.29. The molecule has 0 aliphatic carbocycles. The maximum absolute atomic E-state index is 10.4. The molecule has 1 unspecified atom stereocenters. The SMILES string of the molecule is CCCCCCC1=COC(C=O)C1. The minimum Gasteiger partial charge on any atom is -0.490 e. The van der Waals surface area contributed by atoms with E-state index in [0.29, 0.717) is 0 Å². The van der Waals surface area contributed by atoms with Crippen molar-refractivity contribution in [2.45, 2.75) is 51.6 Å². The van der Waals surface area contributed by atoms with E-state index in [1.807, 2.05) is 0 Å². The van der Waals surface area contributed by atoms with E-state index in [9.17, 15) is 4.79 Å². The molecule has 74 valence electrons. The fourth-order valence-electron chi connectivity index (χ4n) is 1.56. The monoisotopic (exact) mass is 182 g/mol. The molecule has 13 heavy (non-hydrogen) atoms. The Kier molecular flexibility index (Phi) is 4.58. The van der Waals surface area contributed by atoms with Gasteiger partial charge in [-0.15, -0.1) is 0 Å². The van der Waals surface area contributed by atoms with Gasteiger partial charge in [0.05, 0.1) is 6.26 Å². The average Bonchev–Trinajstić information content (AvgIpc) is 2.60. The van der Waals surface area contributed by atoms with E-state index in [1.165, 1.54) is 31.3 Å². The third kappa shape index (κ3) is 3.62. The molecule has 0 aromatic heterocycles. The molecule has 0 aromatic rings. The lowest BCUT2D eigenvalue weighted by Gasteiger charge is -2.00. The molecule has 1 heterocycles. The molecule has 0 aromatic carbocycles. The van der Waals surface area contributed by atoms with E-state index in [1.54, 1.807) is 6.26 Å². The smallest absolute Gasteiger partial charge is 0.160 e. The van der Waals surface area contributed by atoms with Crippen LogP contribution in [-0.2, 0) is 9.53 Å². The topological polar surface area (TPSA) is 26.3 Å². The fraction of sp³-hybridized carbons (Fsp3) is 0.727. The highest BCUT2D eigenvalue weighted by Gasteiger charge is 2.16. The van der Waals surface area contributed by atoms with Gasteiger partial charge in [0.15, 0.2) is 12.4 Å². The molecule has 1 aliphatic heterocycles. The Balaban J connectivity index is 2.06. The summed E-state index contributed by atoms with van der Waals surface area (Å²) < 4.78 is 5.14. The van der Waals surface area contributed by atoms with Crippen molar-refractivity contribution >= 4 is 6.29 Å². The predicted molar refractivity (Wildman–Crippen MR) is 52.4 cm³/mol. The molecule has 2 heteroatoms. The van der Waals surface area contributed by atoms with Crippen LogP contribution in [0.4, 0.5) is 0 Å². The van der Waals surface area contributed by atoms with Gasteiger partial charge in [-0.05, 0) is 18.4 Å². The highest BCUT2D eigenvalue weighted by atomic mass is 16.5. The first-order valence-corrected chi connectivity index (χ1v) is 5.15. The van der Waals surface area contributed by atoms with Gasteiger partial charge in [-0.2, -0.15) is 0 Å². The first-order chi connectivity index (χ1) is 6.36. The van der Waals surface area contributed by atoms with Crippen LogP contribution in [0.2, 0.25) is 0 Å². The van der Waals surface area contributed by atoms with Crippen molar-refractivity contribution in [3.05, 3.63) is 11.8 Å². The molecule has 0 saturated carbocycles. The third-order valence-electron chi connectivity index (χ3n) is 2.38. The number of hydrogen-bond donors (Lipinski definition) is 0. The van der Waals surface area contributed by atoms with Crippen molar-refractivity contribution in [3.63, 3.8) is 0 Å². The van der Waals surface area contributed by atoms with E-state index >= 15 is 0 Å². The minimum atomic E-state index is -0.193. The molecule has 0 amide bonds. The van der Waals surface area contributed by atoms with Gasteiger partial charge in [0.1, 0.15) is 0 Å². The van der Waals surface area contributed by atoms with Crippen molar-refractivity contribution < 1.29 is 9.53 Å². The molecular formula is C11H18O2. The molecule has 1 rings (SSSR count). The standard InChI is InChI=1S/C11H18O2/c1-2-3-4-5-6-10-7-11(8-12)13-9-10/h8-9,11H,2-7H2,1H3. The molecule has 0 spiro atoms. The molecule has 0 saturated heterocycles. The predicted octanol–water partition coefficient (Wildman–Crippen LogP) is 2.83. The molecule has 1 aliphatic rings. The van der Waals surface area contributed by atoms with Crippen LogP contribution < -0.4 is 0 Å². The van der Waals surface area contributed by atoms with Crippen LogP contribution in [0.5, 0.6) is 0 Å². The Labute approximate surface area is 80.0 Å². The second-order valence-corrected chi connectivity index (χ2v) is 3.60. The summed E-state index contributed by atoms with van der Waals surface area (Å²) in [5, 5.41) is 0. The summed E-state index contributed by atoms with van der Waals surface area (Å²) >= 11 is 0. The lowest BCUT2D eigenvalue weighted by atomic mass is 10.0. The molecule has 2 nitrogen and oxygen atoms in total. The van der Waals surface area contributed by atoms with Crippen LogP contribution in [0.15, 0.2) is 11.8 Å². The van der Waals surface area contributed by atoms with Crippen LogP contribution in [0.25, 0.3) is 0 Å². The van der Waals surface area contributed by atoms with Crippen molar-refractivity contribution in [3.8, 4) is 0 Å². The summed E-state index contributed by atoms with van der Waals surface area (Å²) in [6, 6.07) is 0. The summed E-state index contributed by atoms with van der Waals surface area (Å²) in [5.41, 5.74) is 1.30. The molecule has 0 N–H and O–H groups in total. The van der Waals surface area contributed by atoms with Gasteiger partial charge in [-0.25, -0.2) is 0 Å². The average molecular weight is 182 g/mol. The van der Waals surface area contributed by atoms with Crippen LogP contribution in [-0.4, -0.2) is 12.4 Å². The number of aldehydes is 1. The minimum absolute atomic E-state index is 0.193. The Morgan fingerprint density at radius 2 is 2.38 bits per heavy atom. The van der Waals surface area contributed by atoms with Gasteiger partial charge < -0.3 is 4.74 Å². The van der Waals surface area contributed by atoms with E-state index in [-0.39, 0.29) is 6.10 Å². The highest BCUT2D eigenvalue weighted by molar-refractivity contribution is 5.57. The number of hydrogen-bond acceptors (Lipinski definition) is 2. The van der Waals surface area contributed by atoms with Crippen LogP contribution in [0, 0.1) is 0 Å². The van der Waals surface area contributed by atoms with Crippen LogP contribution in [0.1, 0.15) is 45.4 Å². The number of unbranched alkanes of at least 4 members (excludes halogenated alkanes) is 3. The number of ether oxygens (including phenoxy) is 1. The summed E-state index contributed by atoms with van der Waals surface area (Å²) in [6.45, 7) is 2.21. The van der Waals surface area contributed by atoms with Gasteiger partial charge in [0.2, 0.25) is 0 Å². The summed E-state index contributed by atoms with van der Waals surface area (Å²) in [5.74, 6) is 0. The molecule has 0 fully saturated rings. The van der Waals surface area contributed by atoms with Gasteiger partial charge in [-0.1, -0.05) is 26.2 Å². The van der Waals surface area contributed by atoms with Gasteiger partial charge in [-0.3, -0.25) is 4.79 Å².